The molecule has 0 spiro atoms. The minimum absolute atomic E-state index is 0.496. The van der Waals surface area contributed by atoms with Crippen LogP contribution in [0, 0.1) is 6.92 Å². The largest absolute Gasteiger partial charge is 0.354 e. The Morgan fingerprint density at radius 3 is 2.45 bits per heavy atom. The molecule has 2 N–H and O–H groups in total. The van der Waals surface area contributed by atoms with Gasteiger partial charge in [-0.15, -0.1) is 0 Å². The van der Waals surface area contributed by atoms with Crippen LogP contribution in [0.3, 0.4) is 0 Å². The highest BCUT2D eigenvalue weighted by molar-refractivity contribution is 5.57. The average molecular weight is 276 g/mol. The van der Waals surface area contributed by atoms with Gasteiger partial charge in [-0.05, 0) is 13.8 Å². The second kappa shape index (κ2) is 5.72. The minimum Gasteiger partial charge on any atom is -0.354 e. The number of aryl methyl sites for hydroxylation is 2. The third-order valence-corrected chi connectivity index (χ3v) is 2.62. The molecule has 0 saturated heterocycles. The first kappa shape index (κ1) is 14.0. The number of rotatable bonds is 5. The van der Waals surface area contributed by atoms with Crippen LogP contribution in [0.2, 0.25) is 0 Å². The molecule has 2 aromatic rings. The molecular formula is C12H20N8. The third kappa shape index (κ3) is 3.14. The van der Waals surface area contributed by atoms with Gasteiger partial charge in [0.25, 0.3) is 0 Å². The highest BCUT2D eigenvalue weighted by atomic mass is 15.3. The van der Waals surface area contributed by atoms with Gasteiger partial charge in [0.15, 0.2) is 0 Å². The normalized spacial score (nSPS) is 10.4. The predicted octanol–water partition coefficient (Wildman–Crippen LogP) is 1.15. The number of hydrogen-bond acceptors (Lipinski definition) is 7. The fourth-order valence-corrected chi connectivity index (χ4v) is 1.70. The van der Waals surface area contributed by atoms with E-state index >= 15 is 0 Å². The lowest BCUT2D eigenvalue weighted by atomic mass is 10.4. The maximum absolute atomic E-state index is 4.38. The Balaban J connectivity index is 2.32. The molecule has 0 saturated carbocycles. The van der Waals surface area contributed by atoms with Gasteiger partial charge in [-0.1, -0.05) is 0 Å². The number of nitrogens with zero attached hydrogens (tertiary/aromatic N) is 6. The van der Waals surface area contributed by atoms with Gasteiger partial charge in [-0.25, -0.2) is 0 Å². The SMILES string of the molecule is CCNc1nc(Nc2cn(C)nc2C)nc(N(C)C)n1. The Labute approximate surface area is 118 Å². The lowest BCUT2D eigenvalue weighted by Gasteiger charge is -2.13. The van der Waals surface area contributed by atoms with Crippen molar-refractivity contribution in [3.05, 3.63) is 11.9 Å². The van der Waals surface area contributed by atoms with Crippen molar-refractivity contribution in [2.45, 2.75) is 13.8 Å². The molecule has 8 heteroatoms. The average Bonchev–Trinajstić information content (AvgIpc) is 2.68. The molecule has 2 heterocycles. The Hall–Kier alpha value is -2.38. The van der Waals surface area contributed by atoms with Gasteiger partial charge in [0.1, 0.15) is 0 Å². The Morgan fingerprint density at radius 1 is 1.20 bits per heavy atom. The van der Waals surface area contributed by atoms with Gasteiger partial charge >= 0.3 is 0 Å². The summed E-state index contributed by atoms with van der Waals surface area (Å²) < 4.78 is 1.75. The van der Waals surface area contributed by atoms with Crippen molar-refractivity contribution in [3.63, 3.8) is 0 Å². The van der Waals surface area contributed by atoms with Crippen molar-refractivity contribution in [1.29, 1.82) is 0 Å². The second-order valence-electron chi connectivity index (χ2n) is 4.63. The molecule has 0 aromatic carbocycles. The van der Waals surface area contributed by atoms with E-state index in [-0.39, 0.29) is 0 Å². The molecular weight excluding hydrogens is 256 g/mol. The smallest absolute Gasteiger partial charge is 0.233 e. The monoisotopic (exact) mass is 276 g/mol. The first-order valence-corrected chi connectivity index (χ1v) is 6.44. The van der Waals surface area contributed by atoms with Crippen molar-refractivity contribution in [2.24, 2.45) is 7.05 Å². The third-order valence-electron chi connectivity index (χ3n) is 2.62. The number of hydrogen-bond donors (Lipinski definition) is 2. The molecule has 20 heavy (non-hydrogen) atoms. The van der Waals surface area contributed by atoms with Crippen LogP contribution in [0.4, 0.5) is 23.5 Å². The molecule has 8 nitrogen and oxygen atoms in total. The van der Waals surface area contributed by atoms with Crippen molar-refractivity contribution >= 4 is 23.5 Å². The lowest BCUT2D eigenvalue weighted by Crippen LogP contribution is -2.16. The van der Waals surface area contributed by atoms with Crippen LogP contribution >= 0.6 is 0 Å². The van der Waals surface area contributed by atoms with Gasteiger partial charge in [-0.2, -0.15) is 20.1 Å². The molecule has 108 valence electrons. The van der Waals surface area contributed by atoms with Crippen LogP contribution < -0.4 is 15.5 Å². The molecule has 0 atom stereocenters. The van der Waals surface area contributed by atoms with E-state index in [0.29, 0.717) is 17.8 Å². The quantitative estimate of drug-likeness (QED) is 0.847. The van der Waals surface area contributed by atoms with E-state index in [2.05, 4.69) is 30.7 Å². The molecule has 0 amide bonds. The molecule has 0 unspecified atom stereocenters. The summed E-state index contributed by atoms with van der Waals surface area (Å²) in [5.74, 6) is 1.64. The van der Waals surface area contributed by atoms with Gasteiger partial charge in [0, 0.05) is 33.9 Å². The predicted molar refractivity (Wildman–Crippen MR) is 79.5 cm³/mol. The molecule has 0 aliphatic heterocycles. The van der Waals surface area contributed by atoms with E-state index in [1.165, 1.54) is 0 Å². The highest BCUT2D eigenvalue weighted by Crippen LogP contribution is 2.18. The van der Waals surface area contributed by atoms with Crippen LogP contribution in [-0.4, -0.2) is 45.4 Å². The number of aromatic nitrogens is 5. The summed E-state index contributed by atoms with van der Waals surface area (Å²) in [6.07, 6.45) is 1.89. The molecule has 0 aliphatic carbocycles. The summed E-state index contributed by atoms with van der Waals surface area (Å²) in [4.78, 5) is 14.9. The van der Waals surface area contributed by atoms with Crippen molar-refractivity contribution in [3.8, 4) is 0 Å². The zero-order chi connectivity index (χ0) is 14.7. The first-order valence-electron chi connectivity index (χ1n) is 6.44. The van der Waals surface area contributed by atoms with Crippen LogP contribution in [-0.2, 0) is 7.05 Å². The van der Waals surface area contributed by atoms with E-state index in [1.54, 1.807) is 4.68 Å². The van der Waals surface area contributed by atoms with Crippen LogP contribution in [0.15, 0.2) is 6.20 Å². The highest BCUT2D eigenvalue weighted by Gasteiger charge is 2.10. The van der Waals surface area contributed by atoms with Crippen LogP contribution in [0.1, 0.15) is 12.6 Å². The number of anilines is 4. The van der Waals surface area contributed by atoms with E-state index in [9.17, 15) is 0 Å². The van der Waals surface area contributed by atoms with Crippen molar-refractivity contribution in [2.75, 3.05) is 36.2 Å². The molecule has 2 aromatic heterocycles. The Bertz CT molecular complexity index is 589. The fourth-order valence-electron chi connectivity index (χ4n) is 1.70. The van der Waals surface area contributed by atoms with Gasteiger partial charge in [0.05, 0.1) is 11.4 Å². The van der Waals surface area contributed by atoms with Crippen LogP contribution in [0.25, 0.3) is 0 Å². The molecule has 0 fully saturated rings. The summed E-state index contributed by atoms with van der Waals surface area (Å²) >= 11 is 0. The summed E-state index contributed by atoms with van der Waals surface area (Å²) in [5.41, 5.74) is 1.77. The van der Waals surface area contributed by atoms with E-state index < -0.39 is 0 Å². The zero-order valence-electron chi connectivity index (χ0n) is 12.5. The summed E-state index contributed by atoms with van der Waals surface area (Å²) in [6.45, 7) is 4.68. The van der Waals surface area contributed by atoms with Gasteiger partial charge < -0.3 is 15.5 Å². The van der Waals surface area contributed by atoms with Crippen molar-refractivity contribution < 1.29 is 0 Å². The van der Waals surface area contributed by atoms with E-state index in [1.807, 2.05) is 46.1 Å². The zero-order valence-corrected chi connectivity index (χ0v) is 12.5. The van der Waals surface area contributed by atoms with E-state index in [4.69, 9.17) is 0 Å². The lowest BCUT2D eigenvalue weighted by molar-refractivity contribution is 0.756. The molecule has 2 rings (SSSR count). The minimum atomic E-state index is 0.496. The van der Waals surface area contributed by atoms with Gasteiger partial charge in [0.2, 0.25) is 17.8 Å². The van der Waals surface area contributed by atoms with Crippen LogP contribution in [0.5, 0.6) is 0 Å². The summed E-state index contributed by atoms with van der Waals surface area (Å²) in [7, 11) is 5.66. The fraction of sp³-hybridized carbons (Fsp3) is 0.500. The molecule has 0 bridgehead atoms. The maximum atomic E-state index is 4.38. The van der Waals surface area contributed by atoms with Crippen molar-refractivity contribution in [1.82, 2.24) is 24.7 Å². The summed E-state index contributed by atoms with van der Waals surface area (Å²) in [6, 6.07) is 0. The second-order valence-corrected chi connectivity index (χ2v) is 4.63. The standard InChI is InChI=1S/C12H20N8/c1-6-13-10-15-11(17-12(16-10)19(3)4)14-9-7-20(5)18-8(9)2/h7H,6H2,1-5H3,(H2,13,14,15,16,17). The summed E-state index contributed by atoms with van der Waals surface area (Å²) in [5, 5.41) is 10.6. The van der Waals surface area contributed by atoms with E-state index in [0.717, 1.165) is 17.9 Å². The molecule has 0 aliphatic rings. The first-order chi connectivity index (χ1) is 9.49. The Kier molecular flexibility index (Phi) is 4.02. The Morgan fingerprint density at radius 2 is 1.90 bits per heavy atom. The number of nitrogens with one attached hydrogen (secondary N) is 2. The maximum Gasteiger partial charge on any atom is 0.233 e. The molecule has 0 radical (unpaired) electrons. The topological polar surface area (TPSA) is 83.8 Å². The van der Waals surface area contributed by atoms with Gasteiger partial charge in [-0.3, -0.25) is 4.68 Å².